The van der Waals surface area contributed by atoms with E-state index >= 15 is 0 Å². The summed E-state index contributed by atoms with van der Waals surface area (Å²) in [5, 5.41) is 2.44. The molecule has 0 unspecified atom stereocenters. The molecule has 0 aliphatic carbocycles. The van der Waals surface area contributed by atoms with Gasteiger partial charge < -0.3 is 5.32 Å². The molecule has 0 heterocycles. The van der Waals surface area contributed by atoms with Crippen LogP contribution in [0.3, 0.4) is 0 Å². The zero-order valence-electron chi connectivity index (χ0n) is 16.1. The van der Waals surface area contributed by atoms with Gasteiger partial charge >= 0.3 is 0 Å². The van der Waals surface area contributed by atoms with E-state index in [2.05, 4.69) is 5.32 Å². The van der Waals surface area contributed by atoms with Crippen LogP contribution in [-0.2, 0) is 14.8 Å². The van der Waals surface area contributed by atoms with Gasteiger partial charge in [-0.2, -0.15) is 0 Å². The van der Waals surface area contributed by atoms with Crippen LogP contribution in [-0.4, -0.2) is 20.9 Å². The highest BCUT2D eigenvalue weighted by Gasteiger charge is 2.27. The van der Waals surface area contributed by atoms with Crippen molar-refractivity contribution in [3.63, 3.8) is 0 Å². The van der Waals surface area contributed by atoms with Crippen molar-refractivity contribution in [1.29, 1.82) is 0 Å². The fourth-order valence-corrected chi connectivity index (χ4v) is 4.44. The van der Waals surface area contributed by atoms with Crippen LogP contribution in [0.5, 0.6) is 0 Å². The number of nitrogens with one attached hydrogen (secondary N) is 1. The van der Waals surface area contributed by atoms with Crippen LogP contribution in [0.25, 0.3) is 0 Å². The first kappa shape index (κ1) is 20.5. The molecule has 3 aromatic carbocycles. The first-order valence-corrected chi connectivity index (χ1v) is 10.4. The maximum Gasteiger partial charge on any atom is 0.264 e. The Labute approximate surface area is 169 Å². The van der Waals surface area contributed by atoms with Crippen molar-refractivity contribution in [2.75, 3.05) is 16.2 Å². The van der Waals surface area contributed by atoms with E-state index in [0.717, 1.165) is 15.4 Å². The molecule has 1 N–H and O–H groups in total. The first-order valence-electron chi connectivity index (χ1n) is 8.98. The molecular weight excluding hydrogens is 391 g/mol. The molecule has 5 nitrogen and oxygen atoms in total. The summed E-state index contributed by atoms with van der Waals surface area (Å²) in [6.07, 6.45) is 0. The molecule has 0 saturated carbocycles. The molecule has 0 bridgehead atoms. The molecule has 3 aromatic rings. The van der Waals surface area contributed by atoms with Gasteiger partial charge in [0.15, 0.2) is 0 Å². The summed E-state index contributed by atoms with van der Waals surface area (Å²) in [5.74, 6) is -1.24. The molecule has 3 rings (SSSR count). The second kappa shape index (κ2) is 8.45. The van der Waals surface area contributed by atoms with Crippen molar-refractivity contribution in [3.8, 4) is 0 Å². The molecular formula is C22H21FN2O3S. The summed E-state index contributed by atoms with van der Waals surface area (Å²) in [6, 6.07) is 18.9. The molecule has 0 saturated heterocycles. The van der Waals surface area contributed by atoms with Crippen molar-refractivity contribution in [2.24, 2.45) is 0 Å². The molecule has 0 spiro atoms. The standard InChI is InChI=1S/C22H21FN2O3S/c1-16-12-17(2)14-18(13-16)25(29(27,28)19-8-4-3-5-9-19)15-22(26)24-21-11-7-6-10-20(21)23/h3-14H,15H2,1-2H3,(H,24,26). The van der Waals surface area contributed by atoms with Gasteiger partial charge in [0.1, 0.15) is 12.4 Å². The number of carbonyl (C=O) groups excluding carboxylic acids is 1. The summed E-state index contributed by atoms with van der Waals surface area (Å²) in [4.78, 5) is 12.7. The van der Waals surface area contributed by atoms with E-state index in [9.17, 15) is 17.6 Å². The molecule has 150 valence electrons. The van der Waals surface area contributed by atoms with Crippen LogP contribution in [0.4, 0.5) is 15.8 Å². The minimum absolute atomic E-state index is 0.00465. The lowest BCUT2D eigenvalue weighted by Crippen LogP contribution is -2.38. The van der Waals surface area contributed by atoms with Crippen molar-refractivity contribution < 1.29 is 17.6 Å². The predicted molar refractivity (Wildman–Crippen MR) is 112 cm³/mol. The SMILES string of the molecule is Cc1cc(C)cc(N(CC(=O)Nc2ccccc2F)S(=O)(=O)c2ccccc2)c1. The van der Waals surface area contributed by atoms with Gasteiger partial charge in [-0.25, -0.2) is 12.8 Å². The number of sulfonamides is 1. The first-order chi connectivity index (χ1) is 13.8. The summed E-state index contributed by atoms with van der Waals surface area (Å²) >= 11 is 0. The van der Waals surface area contributed by atoms with Crippen LogP contribution in [0.1, 0.15) is 11.1 Å². The highest BCUT2D eigenvalue weighted by atomic mass is 32.2. The third kappa shape index (κ3) is 4.81. The van der Waals surface area contributed by atoms with Crippen LogP contribution in [0.15, 0.2) is 77.7 Å². The maximum atomic E-state index is 13.9. The van der Waals surface area contributed by atoms with Gasteiger partial charge in [-0.05, 0) is 61.4 Å². The van der Waals surface area contributed by atoms with Crippen LogP contribution >= 0.6 is 0 Å². The molecule has 0 fully saturated rings. The lowest BCUT2D eigenvalue weighted by molar-refractivity contribution is -0.114. The fourth-order valence-electron chi connectivity index (χ4n) is 3.01. The monoisotopic (exact) mass is 412 g/mol. The van der Waals surface area contributed by atoms with Crippen molar-refractivity contribution >= 4 is 27.3 Å². The van der Waals surface area contributed by atoms with Gasteiger partial charge in [-0.15, -0.1) is 0 Å². The second-order valence-electron chi connectivity index (χ2n) is 6.70. The highest BCUT2D eigenvalue weighted by molar-refractivity contribution is 7.92. The van der Waals surface area contributed by atoms with Crippen molar-refractivity contribution in [3.05, 3.63) is 89.7 Å². The molecule has 1 amide bonds. The topological polar surface area (TPSA) is 66.5 Å². The van der Waals surface area contributed by atoms with Crippen LogP contribution in [0, 0.1) is 19.7 Å². The van der Waals surface area contributed by atoms with Crippen molar-refractivity contribution in [1.82, 2.24) is 0 Å². The minimum Gasteiger partial charge on any atom is -0.322 e. The Morgan fingerprint density at radius 1 is 0.931 bits per heavy atom. The number of benzene rings is 3. The predicted octanol–water partition coefficient (Wildman–Crippen LogP) is 4.28. The summed E-state index contributed by atoms with van der Waals surface area (Å²) in [7, 11) is -4.01. The lowest BCUT2D eigenvalue weighted by atomic mass is 10.1. The second-order valence-corrected chi connectivity index (χ2v) is 8.56. The Bertz CT molecular complexity index is 1110. The van der Waals surface area contributed by atoms with Gasteiger partial charge in [0.05, 0.1) is 16.3 Å². The quantitative estimate of drug-likeness (QED) is 0.657. The van der Waals surface area contributed by atoms with E-state index in [1.807, 2.05) is 19.9 Å². The highest BCUT2D eigenvalue weighted by Crippen LogP contribution is 2.26. The Morgan fingerprint density at radius 2 is 1.52 bits per heavy atom. The Balaban J connectivity index is 1.99. The number of carbonyl (C=O) groups is 1. The van der Waals surface area contributed by atoms with Crippen LogP contribution in [0.2, 0.25) is 0 Å². The van der Waals surface area contributed by atoms with Gasteiger partial charge in [0.2, 0.25) is 5.91 Å². The Morgan fingerprint density at radius 3 is 2.14 bits per heavy atom. The average Bonchev–Trinajstić information content (AvgIpc) is 2.68. The Kier molecular flexibility index (Phi) is 5.98. The number of halogens is 1. The number of para-hydroxylation sites is 1. The molecule has 0 radical (unpaired) electrons. The number of rotatable bonds is 6. The van der Waals surface area contributed by atoms with E-state index in [1.54, 1.807) is 36.4 Å². The van der Waals surface area contributed by atoms with E-state index in [1.165, 1.54) is 30.3 Å². The molecule has 0 aromatic heterocycles. The van der Waals surface area contributed by atoms with E-state index in [0.29, 0.717) is 5.69 Å². The largest absolute Gasteiger partial charge is 0.322 e. The number of anilines is 2. The van der Waals surface area contributed by atoms with Gasteiger partial charge in [-0.1, -0.05) is 36.4 Å². The third-order valence-electron chi connectivity index (χ3n) is 4.26. The number of amides is 1. The van der Waals surface area contributed by atoms with Crippen molar-refractivity contribution in [2.45, 2.75) is 18.7 Å². The number of aryl methyl sites for hydroxylation is 2. The number of hydrogen-bond acceptors (Lipinski definition) is 3. The minimum atomic E-state index is -4.01. The average molecular weight is 412 g/mol. The van der Waals surface area contributed by atoms with E-state index in [-0.39, 0.29) is 10.6 Å². The smallest absolute Gasteiger partial charge is 0.264 e. The van der Waals surface area contributed by atoms with Gasteiger partial charge in [0.25, 0.3) is 10.0 Å². The van der Waals surface area contributed by atoms with Gasteiger partial charge in [-0.3, -0.25) is 9.10 Å². The zero-order chi connectivity index (χ0) is 21.0. The number of nitrogens with zero attached hydrogens (tertiary/aromatic N) is 1. The Hall–Kier alpha value is -3.19. The maximum absolute atomic E-state index is 13.9. The molecule has 29 heavy (non-hydrogen) atoms. The molecule has 7 heteroatoms. The van der Waals surface area contributed by atoms with E-state index < -0.39 is 28.3 Å². The van der Waals surface area contributed by atoms with Gasteiger partial charge in [0, 0.05) is 0 Å². The number of hydrogen-bond donors (Lipinski definition) is 1. The fraction of sp³-hybridized carbons (Fsp3) is 0.136. The van der Waals surface area contributed by atoms with E-state index in [4.69, 9.17) is 0 Å². The lowest BCUT2D eigenvalue weighted by Gasteiger charge is -2.25. The molecule has 0 atom stereocenters. The molecule has 0 aliphatic heterocycles. The molecule has 0 aliphatic rings. The summed E-state index contributed by atoms with van der Waals surface area (Å²) < 4.78 is 41.5. The van der Waals surface area contributed by atoms with Crippen LogP contribution < -0.4 is 9.62 Å². The normalized spacial score (nSPS) is 11.1. The third-order valence-corrected chi connectivity index (χ3v) is 6.05. The summed E-state index contributed by atoms with van der Waals surface area (Å²) in [6.45, 7) is 3.21. The summed E-state index contributed by atoms with van der Waals surface area (Å²) in [5.41, 5.74) is 2.09. The zero-order valence-corrected chi connectivity index (χ0v) is 16.9.